The lowest BCUT2D eigenvalue weighted by Crippen LogP contribution is -2.45. The van der Waals surface area contributed by atoms with E-state index in [1.165, 1.54) is 6.26 Å². The van der Waals surface area contributed by atoms with Gasteiger partial charge in [0.1, 0.15) is 18.6 Å². The van der Waals surface area contributed by atoms with Gasteiger partial charge in [-0.05, 0) is 30.3 Å². The molecule has 10 heteroatoms. The number of benzene rings is 1. The third kappa shape index (κ3) is 3.76. The average Bonchev–Trinajstić information content (AvgIpc) is 3.53. The minimum atomic E-state index is -0.716. The molecule has 172 valence electrons. The molecule has 0 aliphatic carbocycles. The Labute approximate surface area is 200 Å². The Morgan fingerprint density at radius 2 is 2.09 bits per heavy atom. The van der Waals surface area contributed by atoms with Crippen LogP contribution in [0, 0.1) is 6.57 Å². The molecule has 0 saturated carbocycles. The fraction of sp³-hybridized carbons (Fsp3) is 0.292. The highest BCUT2D eigenvalue weighted by Crippen LogP contribution is 2.40. The molecule has 1 aliphatic heterocycles. The summed E-state index contributed by atoms with van der Waals surface area (Å²) in [5, 5.41) is 5.83. The number of carbonyl (C=O) groups is 1. The maximum absolute atomic E-state index is 13.2. The standard InChI is InChI=1S/C24H21ClN6O3/c1-26-24(16-5-6-18(25)19(14-16)33-2)7-11-30(12-8-24)20(32)15-31-22-17(4-3-9-27-22)21(29-31)23-28-10-13-34-23/h3-6,9-10,13-14H,7-8,11-12,15H2,2H3. The van der Waals surface area contributed by atoms with Gasteiger partial charge in [0.15, 0.2) is 11.3 Å². The smallest absolute Gasteiger partial charge is 0.261 e. The van der Waals surface area contributed by atoms with Gasteiger partial charge in [0.2, 0.25) is 11.8 Å². The van der Waals surface area contributed by atoms with E-state index in [0.717, 1.165) is 10.9 Å². The van der Waals surface area contributed by atoms with Gasteiger partial charge < -0.3 is 18.9 Å². The van der Waals surface area contributed by atoms with Crippen molar-refractivity contribution in [2.45, 2.75) is 24.9 Å². The second-order valence-corrected chi connectivity index (χ2v) is 8.50. The number of aromatic nitrogens is 4. The molecule has 1 amide bonds. The van der Waals surface area contributed by atoms with Crippen molar-refractivity contribution in [3.05, 3.63) is 71.0 Å². The van der Waals surface area contributed by atoms with Crippen molar-refractivity contribution in [1.29, 1.82) is 0 Å². The molecule has 0 bridgehead atoms. The monoisotopic (exact) mass is 476 g/mol. The van der Waals surface area contributed by atoms with Crippen LogP contribution in [0.5, 0.6) is 5.75 Å². The van der Waals surface area contributed by atoms with Gasteiger partial charge >= 0.3 is 0 Å². The van der Waals surface area contributed by atoms with Crippen LogP contribution < -0.4 is 4.74 Å². The topological polar surface area (TPSA) is 90.6 Å². The van der Waals surface area contributed by atoms with Crippen molar-refractivity contribution in [2.75, 3.05) is 20.2 Å². The number of ether oxygens (including phenoxy) is 1. The Bertz CT molecular complexity index is 1380. The van der Waals surface area contributed by atoms with Gasteiger partial charge in [-0.25, -0.2) is 21.2 Å². The lowest BCUT2D eigenvalue weighted by Gasteiger charge is -2.34. The predicted octanol–water partition coefficient (Wildman–Crippen LogP) is 4.19. The van der Waals surface area contributed by atoms with Crippen molar-refractivity contribution in [3.8, 4) is 17.3 Å². The maximum atomic E-state index is 13.2. The molecule has 4 aromatic rings. The molecule has 1 fully saturated rings. The van der Waals surface area contributed by atoms with E-state index in [2.05, 4.69) is 19.9 Å². The number of halogens is 1. The van der Waals surface area contributed by atoms with Crippen molar-refractivity contribution in [2.24, 2.45) is 0 Å². The fourth-order valence-corrected chi connectivity index (χ4v) is 4.58. The van der Waals surface area contributed by atoms with Crippen molar-refractivity contribution in [1.82, 2.24) is 24.6 Å². The number of hydrogen-bond donors (Lipinski definition) is 0. The second-order valence-electron chi connectivity index (χ2n) is 8.09. The zero-order valence-corrected chi connectivity index (χ0v) is 19.2. The third-order valence-electron chi connectivity index (χ3n) is 6.27. The van der Waals surface area contributed by atoms with Crippen LogP contribution in [0.3, 0.4) is 0 Å². The molecule has 0 radical (unpaired) electrons. The molecule has 1 aromatic carbocycles. The first kappa shape index (κ1) is 21.9. The van der Waals surface area contributed by atoms with E-state index in [9.17, 15) is 4.79 Å². The van der Waals surface area contributed by atoms with Crippen LogP contribution in [0.4, 0.5) is 0 Å². The zero-order chi connectivity index (χ0) is 23.7. The van der Waals surface area contributed by atoms with E-state index in [-0.39, 0.29) is 12.5 Å². The number of oxazole rings is 1. The number of amides is 1. The molecule has 9 nitrogen and oxygen atoms in total. The van der Waals surface area contributed by atoms with Crippen molar-refractivity contribution >= 4 is 28.5 Å². The molecule has 34 heavy (non-hydrogen) atoms. The van der Waals surface area contributed by atoms with Crippen molar-refractivity contribution in [3.63, 3.8) is 0 Å². The predicted molar refractivity (Wildman–Crippen MR) is 125 cm³/mol. The Balaban J connectivity index is 1.34. The summed E-state index contributed by atoms with van der Waals surface area (Å²) < 4.78 is 12.3. The minimum Gasteiger partial charge on any atom is -0.495 e. The summed E-state index contributed by atoms with van der Waals surface area (Å²) in [5.74, 6) is 0.837. The molecular formula is C24H21ClN6O3. The molecule has 1 aliphatic rings. The van der Waals surface area contributed by atoms with Crippen LogP contribution in [0.2, 0.25) is 5.02 Å². The molecule has 0 atom stereocenters. The van der Waals surface area contributed by atoms with Gasteiger partial charge in [0.05, 0.1) is 23.7 Å². The van der Waals surface area contributed by atoms with Gasteiger partial charge in [-0.3, -0.25) is 4.79 Å². The summed E-state index contributed by atoms with van der Waals surface area (Å²) in [7, 11) is 1.55. The van der Waals surface area contributed by atoms with Gasteiger partial charge in [0, 0.05) is 37.7 Å². The van der Waals surface area contributed by atoms with E-state index in [1.807, 2.05) is 24.3 Å². The molecule has 5 rings (SSSR count). The number of nitrogens with zero attached hydrogens (tertiary/aromatic N) is 6. The Hall–Kier alpha value is -3.90. The van der Waals surface area contributed by atoms with E-state index in [4.69, 9.17) is 27.3 Å². The van der Waals surface area contributed by atoms with E-state index in [1.54, 1.807) is 35.2 Å². The number of methoxy groups -OCH3 is 1. The van der Waals surface area contributed by atoms with Gasteiger partial charge in [-0.2, -0.15) is 5.10 Å². The summed E-state index contributed by atoms with van der Waals surface area (Å²) in [6, 6.07) is 9.13. The van der Waals surface area contributed by atoms with E-state index < -0.39 is 5.54 Å². The first-order valence-electron chi connectivity index (χ1n) is 10.8. The third-order valence-corrected chi connectivity index (χ3v) is 6.58. The number of fused-ring (bicyclic) bond motifs is 1. The normalized spacial score (nSPS) is 15.3. The van der Waals surface area contributed by atoms with E-state index in [0.29, 0.717) is 53.9 Å². The highest BCUT2D eigenvalue weighted by atomic mass is 35.5. The molecule has 0 spiro atoms. The number of piperidine rings is 1. The van der Waals surface area contributed by atoms with Crippen LogP contribution in [0.15, 0.2) is 53.4 Å². The highest BCUT2D eigenvalue weighted by molar-refractivity contribution is 6.32. The molecule has 1 saturated heterocycles. The zero-order valence-electron chi connectivity index (χ0n) is 18.4. The summed E-state index contributed by atoms with van der Waals surface area (Å²) in [4.78, 5) is 27.5. The number of rotatable bonds is 5. The summed E-state index contributed by atoms with van der Waals surface area (Å²) in [6.07, 6.45) is 5.74. The minimum absolute atomic E-state index is 0.0357. The van der Waals surface area contributed by atoms with Gasteiger partial charge in [-0.1, -0.05) is 11.6 Å². The lowest BCUT2D eigenvalue weighted by atomic mass is 9.81. The number of carbonyl (C=O) groups excluding carboxylic acids is 1. The number of hydrogen-bond acceptors (Lipinski definition) is 6. The highest BCUT2D eigenvalue weighted by Gasteiger charge is 2.43. The Kier molecular flexibility index (Phi) is 5.67. The Morgan fingerprint density at radius 3 is 2.79 bits per heavy atom. The van der Waals surface area contributed by atoms with Gasteiger partial charge in [0.25, 0.3) is 5.54 Å². The maximum Gasteiger partial charge on any atom is 0.261 e. The lowest BCUT2D eigenvalue weighted by molar-refractivity contribution is -0.133. The molecular weight excluding hydrogens is 456 g/mol. The average molecular weight is 477 g/mol. The Morgan fingerprint density at radius 1 is 1.26 bits per heavy atom. The molecule has 0 N–H and O–H groups in total. The quantitative estimate of drug-likeness (QED) is 0.401. The molecule has 0 unspecified atom stereocenters. The summed E-state index contributed by atoms with van der Waals surface area (Å²) in [5.41, 5.74) is 1.27. The van der Waals surface area contributed by atoms with Crippen LogP contribution in [-0.2, 0) is 16.9 Å². The van der Waals surface area contributed by atoms with Crippen LogP contribution in [-0.4, -0.2) is 50.8 Å². The number of pyridine rings is 1. The van der Waals surface area contributed by atoms with Crippen molar-refractivity contribution < 1.29 is 13.9 Å². The fourth-order valence-electron chi connectivity index (χ4n) is 4.39. The summed E-state index contributed by atoms with van der Waals surface area (Å²) >= 11 is 6.16. The largest absolute Gasteiger partial charge is 0.495 e. The second kappa shape index (κ2) is 8.80. The van der Waals surface area contributed by atoms with Crippen LogP contribution in [0.25, 0.3) is 27.5 Å². The molecule has 4 heterocycles. The molecule has 3 aromatic heterocycles. The van der Waals surface area contributed by atoms with Gasteiger partial charge in [-0.15, -0.1) is 0 Å². The van der Waals surface area contributed by atoms with E-state index >= 15 is 0 Å². The summed E-state index contributed by atoms with van der Waals surface area (Å²) in [6.45, 7) is 8.85. The van der Waals surface area contributed by atoms with Crippen LogP contribution in [0.1, 0.15) is 18.4 Å². The SMILES string of the molecule is [C-]#[N+]C1(c2ccc(Cl)c(OC)c2)CCN(C(=O)Cn2nc(-c3ncco3)c3cccnc32)CC1. The first-order chi connectivity index (χ1) is 16.5. The van der Waals surface area contributed by atoms with Crippen LogP contribution >= 0.6 is 11.6 Å². The number of likely N-dealkylation sites (tertiary alicyclic amines) is 1. The first-order valence-corrected chi connectivity index (χ1v) is 11.1.